The zero-order valence-corrected chi connectivity index (χ0v) is 11.8. The minimum atomic E-state index is -0.571. The van der Waals surface area contributed by atoms with Crippen molar-refractivity contribution < 1.29 is 9.59 Å². The normalized spacial score (nSPS) is 21.9. The Hall–Kier alpha value is -2.18. The first-order valence-electron chi connectivity index (χ1n) is 7.30. The van der Waals surface area contributed by atoms with Crippen molar-refractivity contribution in [1.82, 2.24) is 15.3 Å². The molecule has 1 aliphatic carbocycles. The summed E-state index contributed by atoms with van der Waals surface area (Å²) in [5, 5.41) is 3.05. The third kappa shape index (κ3) is 3.29. The molecule has 1 aromatic heterocycles. The van der Waals surface area contributed by atoms with Crippen molar-refractivity contribution in [2.45, 2.75) is 31.7 Å². The van der Waals surface area contributed by atoms with E-state index < -0.39 is 5.91 Å². The molecule has 2 aliphatic rings. The lowest BCUT2D eigenvalue weighted by molar-refractivity contribution is -0.125. The summed E-state index contributed by atoms with van der Waals surface area (Å²) in [5.74, 6) is 0.194. The number of rotatable bonds is 4. The molecule has 3 rings (SSSR count). The molecule has 112 valence electrons. The van der Waals surface area contributed by atoms with Crippen LogP contribution in [0.2, 0.25) is 0 Å². The van der Waals surface area contributed by atoms with Gasteiger partial charge in [-0.3, -0.25) is 9.59 Å². The first kappa shape index (κ1) is 13.8. The first-order chi connectivity index (χ1) is 10.1. The Labute approximate surface area is 122 Å². The Kier molecular flexibility index (Phi) is 3.72. The number of hydrogen-bond acceptors (Lipinski definition) is 5. The molecule has 3 N–H and O–H groups in total. The predicted octanol–water partition coefficient (Wildman–Crippen LogP) is 0.0705. The average Bonchev–Trinajstić information content (AvgIpc) is 3.31. The smallest absolute Gasteiger partial charge is 0.267 e. The molecule has 7 nitrogen and oxygen atoms in total. The average molecular weight is 289 g/mol. The van der Waals surface area contributed by atoms with E-state index in [4.69, 9.17) is 5.73 Å². The minimum absolute atomic E-state index is 0.0219. The molecule has 0 spiro atoms. The van der Waals surface area contributed by atoms with Crippen molar-refractivity contribution >= 4 is 17.6 Å². The number of nitrogens with two attached hydrogens (primary N) is 1. The molecular formula is C14H19N5O2. The predicted molar refractivity (Wildman–Crippen MR) is 76.7 cm³/mol. The second-order valence-corrected chi connectivity index (χ2v) is 5.69. The van der Waals surface area contributed by atoms with E-state index >= 15 is 0 Å². The molecule has 0 bridgehead atoms. The third-order valence-corrected chi connectivity index (χ3v) is 3.95. The van der Waals surface area contributed by atoms with E-state index in [0.717, 1.165) is 32.2 Å². The summed E-state index contributed by atoms with van der Waals surface area (Å²) in [4.78, 5) is 33.4. The summed E-state index contributed by atoms with van der Waals surface area (Å²) in [6.07, 6.45) is 5.34. The van der Waals surface area contributed by atoms with Gasteiger partial charge in [0.15, 0.2) is 0 Å². The van der Waals surface area contributed by atoms with Crippen LogP contribution in [0.25, 0.3) is 0 Å². The molecule has 0 aromatic carbocycles. The van der Waals surface area contributed by atoms with Gasteiger partial charge in [0.25, 0.3) is 5.91 Å². The highest BCUT2D eigenvalue weighted by Crippen LogP contribution is 2.24. The number of anilines is 1. The van der Waals surface area contributed by atoms with Crippen molar-refractivity contribution in [3.05, 3.63) is 18.1 Å². The number of aromatic nitrogens is 2. The zero-order chi connectivity index (χ0) is 14.8. The molecular weight excluding hydrogens is 270 g/mol. The van der Waals surface area contributed by atoms with E-state index in [0.29, 0.717) is 18.4 Å². The van der Waals surface area contributed by atoms with Gasteiger partial charge in [0.05, 0.1) is 5.92 Å². The Morgan fingerprint density at radius 3 is 2.81 bits per heavy atom. The topological polar surface area (TPSA) is 101 Å². The zero-order valence-electron chi connectivity index (χ0n) is 11.8. The van der Waals surface area contributed by atoms with Crippen LogP contribution in [0.3, 0.4) is 0 Å². The van der Waals surface area contributed by atoms with E-state index in [9.17, 15) is 9.59 Å². The molecule has 1 saturated carbocycles. The maximum Gasteiger partial charge on any atom is 0.267 e. The van der Waals surface area contributed by atoms with E-state index in [1.165, 1.54) is 6.33 Å². The van der Waals surface area contributed by atoms with Gasteiger partial charge in [-0.1, -0.05) is 0 Å². The lowest BCUT2D eigenvalue weighted by atomic mass is 9.97. The lowest BCUT2D eigenvalue weighted by Crippen LogP contribution is -2.44. The second-order valence-electron chi connectivity index (χ2n) is 5.69. The number of primary amides is 1. The Balaban J connectivity index is 1.68. The molecule has 2 fully saturated rings. The van der Waals surface area contributed by atoms with Crippen LogP contribution in [0, 0.1) is 5.92 Å². The lowest BCUT2D eigenvalue weighted by Gasteiger charge is -2.32. The van der Waals surface area contributed by atoms with Crippen LogP contribution in [0.4, 0.5) is 5.82 Å². The van der Waals surface area contributed by atoms with Crippen molar-refractivity contribution in [2.75, 3.05) is 18.0 Å². The van der Waals surface area contributed by atoms with Gasteiger partial charge in [0.1, 0.15) is 17.8 Å². The summed E-state index contributed by atoms with van der Waals surface area (Å²) in [5.41, 5.74) is 5.44. The van der Waals surface area contributed by atoms with Crippen LogP contribution in [0.15, 0.2) is 12.4 Å². The van der Waals surface area contributed by atoms with Gasteiger partial charge in [-0.05, 0) is 25.7 Å². The second kappa shape index (κ2) is 5.67. The Bertz CT molecular complexity index is 558. The van der Waals surface area contributed by atoms with Crippen molar-refractivity contribution in [1.29, 1.82) is 0 Å². The van der Waals surface area contributed by atoms with E-state index in [1.54, 1.807) is 6.07 Å². The summed E-state index contributed by atoms with van der Waals surface area (Å²) >= 11 is 0. The minimum Gasteiger partial charge on any atom is -0.364 e. The van der Waals surface area contributed by atoms with Crippen LogP contribution in [0.1, 0.15) is 36.2 Å². The summed E-state index contributed by atoms with van der Waals surface area (Å²) in [6, 6.07) is 1.97. The molecule has 2 amide bonds. The summed E-state index contributed by atoms with van der Waals surface area (Å²) in [7, 11) is 0. The number of amides is 2. The van der Waals surface area contributed by atoms with E-state index in [1.807, 2.05) is 4.90 Å². The summed E-state index contributed by atoms with van der Waals surface area (Å²) < 4.78 is 0. The van der Waals surface area contributed by atoms with Crippen LogP contribution in [-0.4, -0.2) is 40.9 Å². The van der Waals surface area contributed by atoms with Gasteiger partial charge in [-0.2, -0.15) is 0 Å². The molecule has 7 heteroatoms. The van der Waals surface area contributed by atoms with Crippen LogP contribution in [-0.2, 0) is 4.79 Å². The quantitative estimate of drug-likeness (QED) is 0.817. The molecule has 21 heavy (non-hydrogen) atoms. The highest BCUT2D eigenvalue weighted by molar-refractivity contribution is 5.91. The molecule has 1 aromatic rings. The SMILES string of the molecule is NC(=O)c1cc(N2CCCC(C(=O)NC3CC3)C2)ncn1. The maximum atomic E-state index is 12.2. The van der Waals surface area contributed by atoms with Gasteiger partial charge in [0, 0.05) is 25.2 Å². The number of piperidine rings is 1. The van der Waals surface area contributed by atoms with Gasteiger partial charge in [0.2, 0.25) is 5.91 Å². The monoisotopic (exact) mass is 289 g/mol. The number of carbonyl (C=O) groups is 2. The van der Waals surface area contributed by atoms with Gasteiger partial charge in [-0.25, -0.2) is 9.97 Å². The Morgan fingerprint density at radius 2 is 2.10 bits per heavy atom. The highest BCUT2D eigenvalue weighted by Gasteiger charge is 2.30. The molecule has 2 heterocycles. The van der Waals surface area contributed by atoms with Crippen LogP contribution in [0.5, 0.6) is 0 Å². The van der Waals surface area contributed by atoms with Crippen molar-refractivity contribution in [3.8, 4) is 0 Å². The van der Waals surface area contributed by atoms with Crippen LogP contribution >= 0.6 is 0 Å². The molecule has 1 atom stereocenters. The van der Waals surface area contributed by atoms with E-state index in [2.05, 4.69) is 15.3 Å². The highest BCUT2D eigenvalue weighted by atomic mass is 16.2. The van der Waals surface area contributed by atoms with Gasteiger partial charge < -0.3 is 16.0 Å². The van der Waals surface area contributed by atoms with Crippen molar-refractivity contribution in [2.24, 2.45) is 11.7 Å². The van der Waals surface area contributed by atoms with Gasteiger partial charge in [-0.15, -0.1) is 0 Å². The standard InChI is InChI=1S/C14H19N5O2/c15-13(20)11-6-12(17-8-16-11)19-5-1-2-9(7-19)14(21)18-10-3-4-10/h6,8-10H,1-5,7H2,(H2,15,20)(H,18,21). The molecule has 1 aliphatic heterocycles. The number of nitrogens with one attached hydrogen (secondary N) is 1. The number of carbonyl (C=O) groups excluding carboxylic acids is 2. The third-order valence-electron chi connectivity index (χ3n) is 3.95. The molecule has 0 radical (unpaired) electrons. The number of hydrogen-bond donors (Lipinski definition) is 2. The Morgan fingerprint density at radius 1 is 1.29 bits per heavy atom. The maximum absolute atomic E-state index is 12.2. The fourth-order valence-electron chi connectivity index (χ4n) is 2.60. The van der Waals surface area contributed by atoms with E-state index in [-0.39, 0.29) is 17.5 Å². The first-order valence-corrected chi connectivity index (χ1v) is 7.30. The fourth-order valence-corrected chi connectivity index (χ4v) is 2.60. The summed E-state index contributed by atoms with van der Waals surface area (Å²) in [6.45, 7) is 1.44. The largest absolute Gasteiger partial charge is 0.364 e. The van der Waals surface area contributed by atoms with Crippen molar-refractivity contribution in [3.63, 3.8) is 0 Å². The van der Waals surface area contributed by atoms with Crippen LogP contribution < -0.4 is 16.0 Å². The van der Waals surface area contributed by atoms with Gasteiger partial charge >= 0.3 is 0 Å². The fraction of sp³-hybridized carbons (Fsp3) is 0.571. The molecule has 1 unspecified atom stereocenters. The number of nitrogens with zero attached hydrogens (tertiary/aromatic N) is 3. The molecule has 1 saturated heterocycles.